The standard InChI is InChI=1S/C18H25NO2S/c20-11-15-12-6-7-13(10-12)16(15)19-17(21)18(8-9-18)22-14-4-2-1-3-5-14/h1-2,4,12-13,15-16,20H,3,5-11H2,(H,19,21). The Morgan fingerprint density at radius 2 is 2.18 bits per heavy atom. The lowest BCUT2D eigenvalue weighted by Crippen LogP contribution is -2.48. The molecule has 4 aliphatic carbocycles. The molecule has 2 N–H and O–H groups in total. The molecule has 0 aliphatic heterocycles. The highest BCUT2D eigenvalue weighted by atomic mass is 32.2. The average Bonchev–Trinajstić information content (AvgIpc) is 3.05. The Hall–Kier alpha value is -0.740. The fraction of sp³-hybridized carbons (Fsp3) is 0.722. The van der Waals surface area contributed by atoms with Crippen molar-refractivity contribution in [3.63, 3.8) is 0 Å². The van der Waals surface area contributed by atoms with Crippen LogP contribution in [0, 0.1) is 17.8 Å². The van der Waals surface area contributed by atoms with Crippen LogP contribution in [0.15, 0.2) is 23.1 Å². The SMILES string of the molecule is O=C(NC1C2CCC(C2)C1CO)C1(SC2=CC=CCC2)CC1. The predicted molar refractivity (Wildman–Crippen MR) is 89.4 cm³/mol. The van der Waals surface area contributed by atoms with Gasteiger partial charge >= 0.3 is 0 Å². The molecule has 4 unspecified atom stereocenters. The molecule has 1 amide bonds. The third-order valence-electron chi connectivity index (χ3n) is 6.02. The number of amides is 1. The molecule has 0 radical (unpaired) electrons. The summed E-state index contributed by atoms with van der Waals surface area (Å²) in [6.07, 6.45) is 14.3. The Morgan fingerprint density at radius 3 is 2.86 bits per heavy atom. The maximum atomic E-state index is 12.8. The van der Waals surface area contributed by atoms with Gasteiger partial charge in [-0.05, 0) is 61.7 Å². The molecule has 120 valence electrons. The lowest BCUT2D eigenvalue weighted by molar-refractivity contribution is -0.122. The molecule has 4 atom stereocenters. The molecular formula is C18H25NO2S. The minimum Gasteiger partial charge on any atom is -0.396 e. The number of rotatable bonds is 5. The largest absolute Gasteiger partial charge is 0.396 e. The van der Waals surface area contributed by atoms with E-state index in [4.69, 9.17) is 0 Å². The van der Waals surface area contributed by atoms with Gasteiger partial charge in [0.2, 0.25) is 5.91 Å². The molecule has 3 nitrogen and oxygen atoms in total. The maximum Gasteiger partial charge on any atom is 0.236 e. The number of hydrogen-bond acceptors (Lipinski definition) is 3. The molecule has 22 heavy (non-hydrogen) atoms. The van der Waals surface area contributed by atoms with Crippen LogP contribution in [0.1, 0.15) is 44.9 Å². The number of fused-ring (bicyclic) bond motifs is 2. The highest BCUT2D eigenvalue weighted by Crippen LogP contribution is 2.54. The Balaban J connectivity index is 1.41. The van der Waals surface area contributed by atoms with E-state index in [0.717, 1.165) is 25.7 Å². The average molecular weight is 319 g/mol. The van der Waals surface area contributed by atoms with Gasteiger partial charge in [-0.2, -0.15) is 0 Å². The first-order valence-corrected chi connectivity index (χ1v) is 9.50. The van der Waals surface area contributed by atoms with E-state index in [0.29, 0.717) is 17.8 Å². The molecule has 0 aromatic carbocycles. The van der Waals surface area contributed by atoms with Crippen LogP contribution in [0.3, 0.4) is 0 Å². The van der Waals surface area contributed by atoms with Crippen LogP contribution >= 0.6 is 11.8 Å². The molecule has 0 spiro atoms. The summed E-state index contributed by atoms with van der Waals surface area (Å²) in [7, 11) is 0. The molecule has 0 aromatic rings. The Kier molecular flexibility index (Phi) is 3.85. The summed E-state index contributed by atoms with van der Waals surface area (Å²) >= 11 is 1.79. The van der Waals surface area contributed by atoms with Crippen molar-refractivity contribution in [3.05, 3.63) is 23.1 Å². The van der Waals surface area contributed by atoms with Crippen LogP contribution in [0.5, 0.6) is 0 Å². The Morgan fingerprint density at radius 1 is 1.36 bits per heavy atom. The van der Waals surface area contributed by atoms with Crippen LogP contribution in [0.25, 0.3) is 0 Å². The van der Waals surface area contributed by atoms with Gasteiger partial charge < -0.3 is 10.4 Å². The van der Waals surface area contributed by atoms with Gasteiger partial charge in [-0.3, -0.25) is 4.79 Å². The quantitative estimate of drug-likeness (QED) is 0.819. The molecular weight excluding hydrogens is 294 g/mol. The zero-order valence-electron chi connectivity index (χ0n) is 13.0. The first-order valence-electron chi connectivity index (χ1n) is 8.68. The molecule has 3 fully saturated rings. The van der Waals surface area contributed by atoms with Crippen LogP contribution in [-0.2, 0) is 4.79 Å². The molecule has 4 heteroatoms. The third-order valence-corrected chi connectivity index (χ3v) is 7.60. The van der Waals surface area contributed by atoms with E-state index < -0.39 is 0 Å². The van der Waals surface area contributed by atoms with E-state index >= 15 is 0 Å². The zero-order valence-corrected chi connectivity index (χ0v) is 13.8. The Bertz CT molecular complexity index is 523. The summed E-state index contributed by atoms with van der Waals surface area (Å²) in [5, 5.41) is 13.0. The van der Waals surface area contributed by atoms with Gasteiger partial charge in [0, 0.05) is 18.6 Å². The van der Waals surface area contributed by atoms with Crippen molar-refractivity contribution in [2.24, 2.45) is 17.8 Å². The molecule has 0 heterocycles. The maximum absolute atomic E-state index is 12.8. The van der Waals surface area contributed by atoms with Gasteiger partial charge in [-0.25, -0.2) is 0 Å². The number of thioether (sulfide) groups is 1. The lowest BCUT2D eigenvalue weighted by Gasteiger charge is -2.32. The Labute approximate surface area is 136 Å². The van der Waals surface area contributed by atoms with Crippen LogP contribution in [-0.4, -0.2) is 28.4 Å². The summed E-state index contributed by atoms with van der Waals surface area (Å²) < 4.78 is -0.209. The first-order chi connectivity index (χ1) is 10.7. The first kappa shape index (κ1) is 14.8. The van der Waals surface area contributed by atoms with Crippen molar-refractivity contribution in [3.8, 4) is 0 Å². The lowest BCUT2D eigenvalue weighted by atomic mass is 9.85. The number of allylic oxidation sites excluding steroid dienone is 4. The van der Waals surface area contributed by atoms with E-state index in [-0.39, 0.29) is 23.3 Å². The number of aliphatic hydroxyl groups is 1. The summed E-state index contributed by atoms with van der Waals surface area (Å²) in [5.41, 5.74) is 0. The van der Waals surface area contributed by atoms with E-state index in [1.54, 1.807) is 11.8 Å². The highest BCUT2D eigenvalue weighted by Gasteiger charge is 2.54. The number of carbonyl (C=O) groups is 1. The van der Waals surface area contributed by atoms with E-state index in [1.807, 2.05) is 0 Å². The summed E-state index contributed by atoms with van der Waals surface area (Å²) in [6, 6.07) is 0.217. The van der Waals surface area contributed by atoms with Crippen molar-refractivity contribution in [2.75, 3.05) is 6.61 Å². The molecule has 4 rings (SSSR count). The number of aliphatic hydroxyl groups excluding tert-OH is 1. The number of hydrogen-bond donors (Lipinski definition) is 2. The van der Waals surface area contributed by atoms with Crippen molar-refractivity contribution >= 4 is 17.7 Å². The van der Waals surface area contributed by atoms with Crippen LogP contribution < -0.4 is 5.32 Å². The van der Waals surface area contributed by atoms with Gasteiger partial charge in [0.1, 0.15) is 0 Å². The predicted octanol–water partition coefficient (Wildman–Crippen LogP) is 3.01. The number of nitrogens with one attached hydrogen (secondary N) is 1. The normalized spacial score (nSPS) is 38.0. The third kappa shape index (κ3) is 2.54. The van der Waals surface area contributed by atoms with Crippen molar-refractivity contribution in [1.29, 1.82) is 0 Å². The van der Waals surface area contributed by atoms with E-state index in [2.05, 4.69) is 23.5 Å². The molecule has 2 bridgehead atoms. The second-order valence-corrected chi connectivity index (χ2v) is 8.89. The fourth-order valence-electron chi connectivity index (χ4n) is 4.59. The van der Waals surface area contributed by atoms with Gasteiger partial charge in [0.05, 0.1) is 4.75 Å². The molecule has 3 saturated carbocycles. The highest BCUT2D eigenvalue weighted by molar-refractivity contribution is 8.05. The van der Waals surface area contributed by atoms with Crippen molar-refractivity contribution < 1.29 is 9.90 Å². The minimum atomic E-state index is -0.209. The smallest absolute Gasteiger partial charge is 0.236 e. The number of carbonyl (C=O) groups excluding carboxylic acids is 1. The monoisotopic (exact) mass is 319 g/mol. The van der Waals surface area contributed by atoms with Gasteiger partial charge in [0.15, 0.2) is 0 Å². The van der Waals surface area contributed by atoms with E-state index in [1.165, 1.54) is 24.2 Å². The van der Waals surface area contributed by atoms with E-state index in [9.17, 15) is 9.90 Å². The van der Waals surface area contributed by atoms with Crippen molar-refractivity contribution in [1.82, 2.24) is 5.32 Å². The summed E-state index contributed by atoms with van der Waals surface area (Å²) in [6.45, 7) is 0.224. The zero-order chi connectivity index (χ0) is 15.2. The molecule has 0 aromatic heterocycles. The second-order valence-electron chi connectivity index (χ2n) is 7.38. The van der Waals surface area contributed by atoms with Crippen LogP contribution in [0.4, 0.5) is 0 Å². The fourth-order valence-corrected chi connectivity index (χ4v) is 5.91. The van der Waals surface area contributed by atoms with Gasteiger partial charge in [-0.1, -0.05) is 18.2 Å². The summed E-state index contributed by atoms with van der Waals surface area (Å²) in [4.78, 5) is 14.2. The topological polar surface area (TPSA) is 49.3 Å². The van der Waals surface area contributed by atoms with Gasteiger partial charge in [-0.15, -0.1) is 11.8 Å². The molecule has 0 saturated heterocycles. The van der Waals surface area contributed by atoms with Crippen LogP contribution in [0.2, 0.25) is 0 Å². The second kappa shape index (κ2) is 5.72. The van der Waals surface area contributed by atoms with Crippen molar-refractivity contribution in [2.45, 2.75) is 55.7 Å². The minimum absolute atomic E-state index is 0.209. The summed E-state index contributed by atoms with van der Waals surface area (Å²) in [5.74, 6) is 1.75. The molecule has 4 aliphatic rings. The van der Waals surface area contributed by atoms with Gasteiger partial charge in [0.25, 0.3) is 0 Å².